The molecule has 0 saturated heterocycles. The number of carbonyl (C=O) groups is 1. The van der Waals surface area contributed by atoms with E-state index >= 15 is 0 Å². The van der Waals surface area contributed by atoms with Crippen LogP contribution < -0.4 is 10.6 Å². The molecule has 1 aromatic carbocycles. The molecule has 4 heteroatoms. The first-order chi connectivity index (χ1) is 9.69. The third-order valence-corrected chi connectivity index (χ3v) is 4.92. The molecule has 1 aromatic rings. The number of amides is 1. The van der Waals surface area contributed by atoms with Gasteiger partial charge in [-0.3, -0.25) is 4.79 Å². The zero-order valence-corrected chi connectivity index (χ0v) is 13.1. The summed E-state index contributed by atoms with van der Waals surface area (Å²) in [4.78, 5) is 13.0. The molecule has 0 heterocycles. The SMILES string of the molecule is CNC(C)c1ccc(SCC(=O)NC2CCCC2)cc1. The smallest absolute Gasteiger partial charge is 0.230 e. The van der Waals surface area contributed by atoms with E-state index in [2.05, 4.69) is 41.8 Å². The van der Waals surface area contributed by atoms with Crippen molar-refractivity contribution in [1.82, 2.24) is 10.6 Å². The molecule has 2 N–H and O–H groups in total. The fourth-order valence-electron chi connectivity index (χ4n) is 2.51. The molecule has 0 aliphatic heterocycles. The van der Waals surface area contributed by atoms with E-state index in [1.165, 1.54) is 18.4 Å². The zero-order valence-electron chi connectivity index (χ0n) is 12.3. The number of hydrogen-bond donors (Lipinski definition) is 2. The maximum atomic E-state index is 11.9. The molecular weight excluding hydrogens is 268 g/mol. The lowest BCUT2D eigenvalue weighted by Gasteiger charge is -2.12. The van der Waals surface area contributed by atoms with E-state index in [0.717, 1.165) is 17.7 Å². The van der Waals surface area contributed by atoms with Gasteiger partial charge in [-0.25, -0.2) is 0 Å². The molecule has 1 saturated carbocycles. The van der Waals surface area contributed by atoms with Gasteiger partial charge in [0.15, 0.2) is 0 Å². The minimum atomic E-state index is 0.162. The molecule has 0 aromatic heterocycles. The zero-order chi connectivity index (χ0) is 14.4. The van der Waals surface area contributed by atoms with Crippen LogP contribution >= 0.6 is 11.8 Å². The number of rotatable bonds is 6. The highest BCUT2D eigenvalue weighted by Gasteiger charge is 2.16. The van der Waals surface area contributed by atoms with Crippen LogP contribution in [0.4, 0.5) is 0 Å². The lowest BCUT2D eigenvalue weighted by atomic mass is 10.1. The van der Waals surface area contributed by atoms with Gasteiger partial charge in [0.25, 0.3) is 0 Å². The van der Waals surface area contributed by atoms with E-state index in [1.54, 1.807) is 11.8 Å². The Balaban J connectivity index is 1.77. The molecule has 0 bridgehead atoms. The van der Waals surface area contributed by atoms with Crippen LogP contribution in [0.15, 0.2) is 29.2 Å². The van der Waals surface area contributed by atoms with Gasteiger partial charge < -0.3 is 10.6 Å². The summed E-state index contributed by atoms with van der Waals surface area (Å²) in [5, 5.41) is 6.34. The van der Waals surface area contributed by atoms with Gasteiger partial charge in [0.1, 0.15) is 0 Å². The summed E-state index contributed by atoms with van der Waals surface area (Å²) in [5.41, 5.74) is 1.27. The highest BCUT2D eigenvalue weighted by molar-refractivity contribution is 8.00. The van der Waals surface area contributed by atoms with E-state index in [4.69, 9.17) is 0 Å². The number of hydrogen-bond acceptors (Lipinski definition) is 3. The lowest BCUT2D eigenvalue weighted by molar-refractivity contribution is -0.119. The van der Waals surface area contributed by atoms with Crippen molar-refractivity contribution in [3.05, 3.63) is 29.8 Å². The monoisotopic (exact) mass is 292 g/mol. The molecule has 2 rings (SSSR count). The topological polar surface area (TPSA) is 41.1 Å². The summed E-state index contributed by atoms with van der Waals surface area (Å²) >= 11 is 1.61. The minimum Gasteiger partial charge on any atom is -0.353 e. The Morgan fingerprint density at radius 2 is 1.95 bits per heavy atom. The Labute approximate surface area is 125 Å². The first-order valence-electron chi connectivity index (χ1n) is 7.38. The van der Waals surface area contributed by atoms with Gasteiger partial charge >= 0.3 is 0 Å². The van der Waals surface area contributed by atoms with E-state index in [9.17, 15) is 4.79 Å². The summed E-state index contributed by atoms with van der Waals surface area (Å²) in [6.45, 7) is 2.14. The van der Waals surface area contributed by atoms with Crippen molar-refractivity contribution in [2.24, 2.45) is 0 Å². The van der Waals surface area contributed by atoms with Crippen LogP contribution in [0.5, 0.6) is 0 Å². The number of thioether (sulfide) groups is 1. The second-order valence-electron chi connectivity index (χ2n) is 5.42. The Morgan fingerprint density at radius 3 is 2.55 bits per heavy atom. The molecule has 3 nitrogen and oxygen atoms in total. The van der Waals surface area contributed by atoms with Gasteiger partial charge in [0, 0.05) is 17.0 Å². The Morgan fingerprint density at radius 1 is 1.30 bits per heavy atom. The summed E-state index contributed by atoms with van der Waals surface area (Å²) in [6.07, 6.45) is 4.80. The average molecular weight is 292 g/mol. The normalized spacial score (nSPS) is 17.1. The molecule has 20 heavy (non-hydrogen) atoms. The molecule has 1 atom stereocenters. The largest absolute Gasteiger partial charge is 0.353 e. The van der Waals surface area contributed by atoms with Crippen LogP contribution in [0.1, 0.15) is 44.2 Å². The van der Waals surface area contributed by atoms with Crippen molar-refractivity contribution in [3.63, 3.8) is 0 Å². The van der Waals surface area contributed by atoms with E-state index in [0.29, 0.717) is 17.8 Å². The van der Waals surface area contributed by atoms with Gasteiger partial charge in [-0.05, 0) is 44.5 Å². The fraction of sp³-hybridized carbons (Fsp3) is 0.562. The van der Waals surface area contributed by atoms with E-state index in [1.807, 2.05) is 7.05 Å². The van der Waals surface area contributed by atoms with Crippen LogP contribution in [0, 0.1) is 0 Å². The summed E-state index contributed by atoms with van der Waals surface area (Å²) in [5.74, 6) is 0.673. The summed E-state index contributed by atoms with van der Waals surface area (Å²) < 4.78 is 0. The molecule has 1 fully saturated rings. The molecule has 0 spiro atoms. The standard InChI is InChI=1S/C16H24N2OS/c1-12(17-2)13-7-9-15(10-8-13)20-11-16(19)18-14-5-3-4-6-14/h7-10,12,14,17H,3-6,11H2,1-2H3,(H,18,19). The molecule has 1 amide bonds. The van der Waals surface area contributed by atoms with Crippen molar-refractivity contribution >= 4 is 17.7 Å². The quantitative estimate of drug-likeness (QED) is 0.792. The molecule has 0 radical (unpaired) electrons. The Kier molecular flexibility index (Phi) is 5.92. The van der Waals surface area contributed by atoms with Crippen molar-refractivity contribution in [2.75, 3.05) is 12.8 Å². The molecule has 1 aliphatic carbocycles. The predicted octanol–water partition coefficient (Wildman–Crippen LogP) is 3.12. The third-order valence-electron chi connectivity index (χ3n) is 3.90. The summed E-state index contributed by atoms with van der Waals surface area (Å²) in [6, 6.07) is 9.21. The van der Waals surface area contributed by atoms with Crippen molar-refractivity contribution in [3.8, 4) is 0 Å². The molecule has 110 valence electrons. The highest BCUT2D eigenvalue weighted by Crippen LogP contribution is 2.22. The van der Waals surface area contributed by atoms with Crippen molar-refractivity contribution < 1.29 is 4.79 Å². The maximum Gasteiger partial charge on any atom is 0.230 e. The van der Waals surface area contributed by atoms with Crippen LogP contribution in [-0.2, 0) is 4.79 Å². The van der Waals surface area contributed by atoms with Gasteiger partial charge in [-0.15, -0.1) is 11.8 Å². The minimum absolute atomic E-state index is 0.162. The number of carbonyl (C=O) groups excluding carboxylic acids is 1. The van der Waals surface area contributed by atoms with Crippen LogP contribution in [0.25, 0.3) is 0 Å². The van der Waals surface area contributed by atoms with Gasteiger partial charge in [0.2, 0.25) is 5.91 Å². The maximum absolute atomic E-state index is 11.9. The average Bonchev–Trinajstić information content (AvgIpc) is 2.97. The molecule has 1 aliphatic rings. The Bertz CT molecular complexity index is 427. The van der Waals surface area contributed by atoms with Crippen LogP contribution in [-0.4, -0.2) is 24.7 Å². The molecular formula is C16H24N2OS. The highest BCUT2D eigenvalue weighted by atomic mass is 32.2. The number of benzene rings is 1. The van der Waals surface area contributed by atoms with Gasteiger partial charge in [-0.1, -0.05) is 25.0 Å². The van der Waals surface area contributed by atoms with Gasteiger partial charge in [-0.2, -0.15) is 0 Å². The summed E-state index contributed by atoms with van der Waals surface area (Å²) in [7, 11) is 1.96. The number of nitrogens with one attached hydrogen (secondary N) is 2. The predicted molar refractivity (Wildman–Crippen MR) is 85.0 cm³/mol. The second kappa shape index (κ2) is 7.70. The van der Waals surface area contributed by atoms with Crippen LogP contribution in [0.2, 0.25) is 0 Å². The second-order valence-corrected chi connectivity index (χ2v) is 6.47. The molecule has 1 unspecified atom stereocenters. The lowest BCUT2D eigenvalue weighted by Crippen LogP contribution is -2.33. The van der Waals surface area contributed by atoms with Crippen molar-refractivity contribution in [1.29, 1.82) is 0 Å². The van der Waals surface area contributed by atoms with Crippen molar-refractivity contribution in [2.45, 2.75) is 49.6 Å². The third kappa shape index (κ3) is 4.53. The van der Waals surface area contributed by atoms with E-state index in [-0.39, 0.29) is 5.91 Å². The van der Waals surface area contributed by atoms with Gasteiger partial charge in [0.05, 0.1) is 5.75 Å². The first kappa shape index (κ1) is 15.4. The van der Waals surface area contributed by atoms with Crippen LogP contribution in [0.3, 0.4) is 0 Å². The first-order valence-corrected chi connectivity index (χ1v) is 8.37. The Hall–Kier alpha value is -1.00. The fourth-order valence-corrected chi connectivity index (χ4v) is 3.22. The van der Waals surface area contributed by atoms with E-state index < -0.39 is 0 Å².